The highest BCUT2D eigenvalue weighted by Gasteiger charge is 2.04. The molecule has 5 N–H and O–H groups in total. The van der Waals surface area contributed by atoms with Gasteiger partial charge in [-0.3, -0.25) is 0 Å². The van der Waals surface area contributed by atoms with Crippen LogP contribution < -0.4 is 16.8 Å². The summed E-state index contributed by atoms with van der Waals surface area (Å²) in [5, 5.41) is 3.34. The molecule has 0 aromatic carbocycles. The zero-order valence-electron chi connectivity index (χ0n) is 10.9. The lowest BCUT2D eigenvalue weighted by Crippen LogP contribution is -2.16. The first-order chi connectivity index (χ1) is 8.13. The molecule has 0 saturated carbocycles. The molecule has 0 radical (unpaired) electrons. The molecule has 1 aromatic rings. The monoisotopic (exact) mass is 236 g/mol. The first-order valence-corrected chi connectivity index (χ1v) is 6.42. The Morgan fingerprint density at radius 2 is 2.00 bits per heavy atom. The number of anilines is 3. The lowest BCUT2D eigenvalue weighted by Gasteiger charge is -2.14. The Labute approximate surface area is 104 Å². The minimum atomic E-state index is 0.396. The minimum Gasteiger partial charge on any atom is -0.396 e. The van der Waals surface area contributed by atoms with Crippen LogP contribution in [0.15, 0.2) is 12.1 Å². The van der Waals surface area contributed by atoms with Crippen molar-refractivity contribution in [2.24, 2.45) is 0 Å². The predicted octanol–water partition coefficient (Wildman–Crippen LogP) is 3.02. The van der Waals surface area contributed by atoms with Crippen molar-refractivity contribution in [3.05, 3.63) is 12.1 Å². The summed E-state index contributed by atoms with van der Waals surface area (Å²) in [6.45, 7) is 4.39. The Kier molecular flexibility index (Phi) is 5.60. The number of nitrogens with two attached hydrogens (primary N) is 2. The van der Waals surface area contributed by atoms with Crippen LogP contribution in [0.5, 0.6) is 0 Å². The number of hydrogen-bond donors (Lipinski definition) is 3. The van der Waals surface area contributed by atoms with Crippen LogP contribution >= 0.6 is 0 Å². The van der Waals surface area contributed by atoms with E-state index >= 15 is 0 Å². The van der Waals surface area contributed by atoms with E-state index in [0.717, 1.165) is 12.2 Å². The van der Waals surface area contributed by atoms with Gasteiger partial charge in [-0.25, -0.2) is 4.98 Å². The Morgan fingerprint density at radius 3 is 2.65 bits per heavy atom. The third-order valence-electron chi connectivity index (χ3n) is 2.84. The molecule has 17 heavy (non-hydrogen) atoms. The topological polar surface area (TPSA) is 77.0 Å². The average molecular weight is 236 g/mol. The van der Waals surface area contributed by atoms with E-state index < -0.39 is 0 Å². The highest BCUT2D eigenvalue weighted by molar-refractivity contribution is 5.61. The van der Waals surface area contributed by atoms with E-state index in [9.17, 15) is 0 Å². The molecule has 1 atom stereocenters. The van der Waals surface area contributed by atoms with Gasteiger partial charge in [0.05, 0.1) is 5.69 Å². The summed E-state index contributed by atoms with van der Waals surface area (Å²) >= 11 is 0. The predicted molar refractivity (Wildman–Crippen MR) is 74.9 cm³/mol. The van der Waals surface area contributed by atoms with E-state index in [0.29, 0.717) is 17.5 Å². The number of nitrogens with one attached hydrogen (secondary N) is 1. The molecule has 0 fully saturated rings. The molecule has 4 nitrogen and oxygen atoms in total. The number of nitrogen functional groups attached to an aromatic ring is 2. The number of unbranched alkanes of at least 4 members (excludes halogenated alkanes) is 3. The van der Waals surface area contributed by atoms with Gasteiger partial charge >= 0.3 is 0 Å². The smallest absolute Gasteiger partial charge is 0.149 e. The molecule has 0 bridgehead atoms. The Hall–Kier alpha value is -1.45. The largest absolute Gasteiger partial charge is 0.396 e. The maximum absolute atomic E-state index is 5.66. The summed E-state index contributed by atoms with van der Waals surface area (Å²) in [7, 11) is 0. The van der Waals surface area contributed by atoms with Crippen molar-refractivity contribution in [2.75, 3.05) is 16.8 Å². The number of pyridine rings is 1. The molecule has 0 aliphatic heterocycles. The van der Waals surface area contributed by atoms with E-state index in [1.807, 2.05) is 6.07 Å². The van der Waals surface area contributed by atoms with Gasteiger partial charge in [0.15, 0.2) is 0 Å². The van der Waals surface area contributed by atoms with Gasteiger partial charge in [-0.15, -0.1) is 0 Å². The lowest BCUT2D eigenvalue weighted by molar-refractivity contribution is 0.593. The van der Waals surface area contributed by atoms with Crippen LogP contribution in [0.25, 0.3) is 0 Å². The summed E-state index contributed by atoms with van der Waals surface area (Å²) in [6.07, 6.45) is 6.32. The molecule has 96 valence electrons. The summed E-state index contributed by atoms with van der Waals surface area (Å²) < 4.78 is 0. The van der Waals surface area contributed by atoms with Gasteiger partial charge < -0.3 is 16.8 Å². The molecule has 1 heterocycles. The molecule has 0 spiro atoms. The average Bonchev–Trinajstić information content (AvgIpc) is 2.30. The third kappa shape index (κ3) is 4.93. The second kappa shape index (κ2) is 6.99. The highest BCUT2D eigenvalue weighted by Crippen LogP contribution is 2.16. The molecule has 1 rings (SSSR count). The van der Waals surface area contributed by atoms with Crippen molar-refractivity contribution in [3.63, 3.8) is 0 Å². The second-order valence-electron chi connectivity index (χ2n) is 4.57. The van der Waals surface area contributed by atoms with Crippen LogP contribution in [0.1, 0.15) is 46.0 Å². The van der Waals surface area contributed by atoms with Gasteiger partial charge in [-0.2, -0.15) is 0 Å². The SMILES string of the molecule is CCCCCCC(C)Nc1ccc(N)c(N)n1. The first kappa shape index (κ1) is 13.6. The van der Waals surface area contributed by atoms with Crippen LogP contribution in [0.2, 0.25) is 0 Å². The number of hydrogen-bond acceptors (Lipinski definition) is 4. The van der Waals surface area contributed by atoms with Crippen molar-refractivity contribution in [3.8, 4) is 0 Å². The normalized spacial score (nSPS) is 12.4. The first-order valence-electron chi connectivity index (χ1n) is 6.42. The van der Waals surface area contributed by atoms with Gasteiger partial charge in [-0.1, -0.05) is 32.6 Å². The fourth-order valence-corrected chi connectivity index (χ4v) is 1.77. The number of rotatable bonds is 7. The zero-order valence-corrected chi connectivity index (χ0v) is 10.9. The maximum atomic E-state index is 5.66. The Balaban J connectivity index is 2.34. The maximum Gasteiger partial charge on any atom is 0.149 e. The Bertz CT molecular complexity index is 338. The third-order valence-corrected chi connectivity index (χ3v) is 2.84. The summed E-state index contributed by atoms with van der Waals surface area (Å²) in [6, 6.07) is 4.07. The fraction of sp³-hybridized carbons (Fsp3) is 0.615. The molecule has 0 saturated heterocycles. The molecule has 1 unspecified atom stereocenters. The minimum absolute atomic E-state index is 0.396. The van der Waals surface area contributed by atoms with Crippen molar-refractivity contribution < 1.29 is 0 Å². The van der Waals surface area contributed by atoms with Crippen LogP contribution in [0.3, 0.4) is 0 Å². The second-order valence-corrected chi connectivity index (χ2v) is 4.57. The molecule has 4 heteroatoms. The van der Waals surface area contributed by atoms with E-state index in [1.54, 1.807) is 6.07 Å². The van der Waals surface area contributed by atoms with Gasteiger partial charge in [-0.05, 0) is 25.5 Å². The molecule has 0 amide bonds. The van der Waals surface area contributed by atoms with Crippen LogP contribution in [-0.4, -0.2) is 11.0 Å². The van der Waals surface area contributed by atoms with Crippen molar-refractivity contribution in [1.29, 1.82) is 0 Å². The van der Waals surface area contributed by atoms with Gasteiger partial charge in [0.1, 0.15) is 11.6 Å². The Morgan fingerprint density at radius 1 is 1.24 bits per heavy atom. The number of nitrogens with zero attached hydrogens (tertiary/aromatic N) is 1. The molecular weight excluding hydrogens is 212 g/mol. The van der Waals surface area contributed by atoms with Crippen molar-refractivity contribution >= 4 is 17.3 Å². The summed E-state index contributed by atoms with van der Waals surface area (Å²) in [5.74, 6) is 1.20. The summed E-state index contributed by atoms with van der Waals surface area (Å²) in [4.78, 5) is 4.20. The standard InChI is InChI=1S/C13H24N4/c1-3-4-5-6-7-10(2)16-12-9-8-11(14)13(15)17-12/h8-10H,3-7,14H2,1-2H3,(H3,15,16,17). The number of aromatic nitrogens is 1. The molecule has 0 aliphatic carbocycles. The highest BCUT2D eigenvalue weighted by atomic mass is 15.0. The van der Waals surface area contributed by atoms with Crippen LogP contribution in [0, 0.1) is 0 Å². The fourth-order valence-electron chi connectivity index (χ4n) is 1.77. The van der Waals surface area contributed by atoms with E-state index in [-0.39, 0.29) is 0 Å². The van der Waals surface area contributed by atoms with E-state index in [4.69, 9.17) is 11.5 Å². The molecule has 1 aromatic heterocycles. The van der Waals surface area contributed by atoms with E-state index in [1.165, 1.54) is 25.7 Å². The van der Waals surface area contributed by atoms with Gasteiger partial charge in [0.25, 0.3) is 0 Å². The quantitative estimate of drug-likeness (QED) is 0.636. The van der Waals surface area contributed by atoms with Crippen molar-refractivity contribution in [1.82, 2.24) is 4.98 Å². The zero-order chi connectivity index (χ0) is 12.7. The van der Waals surface area contributed by atoms with E-state index in [2.05, 4.69) is 24.1 Å². The summed E-state index contributed by atoms with van der Waals surface area (Å²) in [5.41, 5.74) is 11.8. The van der Waals surface area contributed by atoms with Crippen LogP contribution in [-0.2, 0) is 0 Å². The van der Waals surface area contributed by atoms with Gasteiger partial charge in [0.2, 0.25) is 0 Å². The molecular formula is C13H24N4. The molecule has 0 aliphatic rings. The lowest BCUT2D eigenvalue weighted by atomic mass is 10.1. The van der Waals surface area contributed by atoms with Gasteiger partial charge in [0, 0.05) is 6.04 Å². The van der Waals surface area contributed by atoms with Crippen LogP contribution in [0.4, 0.5) is 17.3 Å². The van der Waals surface area contributed by atoms with Crippen molar-refractivity contribution in [2.45, 2.75) is 52.0 Å².